The maximum atomic E-state index is 2.35. The third-order valence-electron chi connectivity index (χ3n) is 7.34. The third kappa shape index (κ3) is 5.63. The van der Waals surface area contributed by atoms with Crippen LogP contribution < -0.4 is 0 Å². The first kappa shape index (κ1) is 23.1. The van der Waals surface area contributed by atoms with Crippen molar-refractivity contribution in [3.63, 3.8) is 0 Å². The van der Waals surface area contributed by atoms with Gasteiger partial charge in [-0.1, -0.05) is 97.1 Å². The topological polar surface area (TPSA) is 0 Å². The highest BCUT2D eigenvalue weighted by molar-refractivity contribution is 5.45. The molecule has 33 heavy (non-hydrogen) atoms. The van der Waals surface area contributed by atoms with Crippen LogP contribution in [-0.4, -0.2) is 0 Å². The van der Waals surface area contributed by atoms with E-state index in [2.05, 4.69) is 125 Å². The average Bonchev–Trinajstić information content (AvgIpc) is 2.82. The number of benzene rings is 4. The molecule has 0 amide bonds. The lowest BCUT2D eigenvalue weighted by Gasteiger charge is -2.37. The van der Waals surface area contributed by atoms with E-state index < -0.39 is 0 Å². The molecule has 0 heterocycles. The molecule has 0 nitrogen and oxygen atoms in total. The van der Waals surface area contributed by atoms with Gasteiger partial charge in [0.05, 0.1) is 0 Å². The zero-order valence-corrected chi connectivity index (χ0v) is 20.6. The second kappa shape index (κ2) is 10.2. The van der Waals surface area contributed by atoms with E-state index in [0.717, 1.165) is 25.7 Å². The number of aryl methyl sites for hydroxylation is 2. The Bertz CT molecular complexity index is 1040. The molecule has 0 aliphatic rings. The Morgan fingerprint density at radius 1 is 0.455 bits per heavy atom. The van der Waals surface area contributed by atoms with Gasteiger partial charge < -0.3 is 0 Å². The molecule has 4 rings (SSSR count). The summed E-state index contributed by atoms with van der Waals surface area (Å²) in [5.41, 5.74) is 11.6. The summed E-state index contributed by atoms with van der Waals surface area (Å²) in [4.78, 5) is 0. The highest BCUT2D eigenvalue weighted by atomic mass is 14.4. The van der Waals surface area contributed by atoms with Crippen molar-refractivity contribution in [2.24, 2.45) is 5.41 Å². The quantitative estimate of drug-likeness (QED) is 0.263. The fourth-order valence-electron chi connectivity index (χ4n) is 5.40. The predicted molar refractivity (Wildman–Crippen MR) is 142 cm³/mol. The van der Waals surface area contributed by atoms with Crippen LogP contribution in [0.15, 0.2) is 97.1 Å². The molecule has 0 heteroatoms. The second-order valence-corrected chi connectivity index (χ2v) is 9.90. The van der Waals surface area contributed by atoms with Gasteiger partial charge in [0.15, 0.2) is 0 Å². The van der Waals surface area contributed by atoms with Crippen LogP contribution in [0.2, 0.25) is 0 Å². The van der Waals surface area contributed by atoms with Gasteiger partial charge in [-0.15, -0.1) is 0 Å². The molecule has 0 aliphatic heterocycles. The summed E-state index contributed by atoms with van der Waals surface area (Å²) in [5.74, 6) is 0. The van der Waals surface area contributed by atoms with Gasteiger partial charge in [-0.25, -0.2) is 0 Å². The Morgan fingerprint density at radius 3 is 1.12 bits per heavy atom. The Balaban J connectivity index is 1.86. The smallest absolute Gasteiger partial charge is 0.0136 e. The molecular formula is C33H36. The van der Waals surface area contributed by atoms with Crippen molar-refractivity contribution in [2.75, 3.05) is 0 Å². The molecule has 4 aromatic carbocycles. The van der Waals surface area contributed by atoms with E-state index in [0.29, 0.717) is 0 Å². The summed E-state index contributed by atoms with van der Waals surface area (Å²) >= 11 is 0. The van der Waals surface area contributed by atoms with Crippen LogP contribution in [0.4, 0.5) is 0 Å². The van der Waals surface area contributed by atoms with Gasteiger partial charge in [0.1, 0.15) is 0 Å². The molecular weight excluding hydrogens is 396 g/mol. The molecule has 0 spiro atoms. The van der Waals surface area contributed by atoms with E-state index in [1.807, 2.05) is 0 Å². The first-order valence-corrected chi connectivity index (χ1v) is 12.1. The summed E-state index contributed by atoms with van der Waals surface area (Å²) in [6.07, 6.45) is 4.25. The molecule has 4 aromatic rings. The van der Waals surface area contributed by atoms with Crippen LogP contribution in [0.5, 0.6) is 0 Å². The molecule has 0 N–H and O–H groups in total. The van der Waals surface area contributed by atoms with Crippen LogP contribution in [0.3, 0.4) is 0 Å². The van der Waals surface area contributed by atoms with Crippen molar-refractivity contribution in [1.82, 2.24) is 0 Å². The fraction of sp³-hybridized carbons (Fsp3) is 0.273. The van der Waals surface area contributed by atoms with E-state index in [4.69, 9.17) is 0 Å². The molecule has 0 fully saturated rings. The van der Waals surface area contributed by atoms with Gasteiger partial charge in [-0.3, -0.25) is 0 Å². The van der Waals surface area contributed by atoms with E-state index >= 15 is 0 Å². The summed E-state index contributed by atoms with van der Waals surface area (Å²) in [6.45, 7) is 9.15. The lowest BCUT2D eigenvalue weighted by atomic mass is 9.67. The second-order valence-electron chi connectivity index (χ2n) is 9.90. The van der Waals surface area contributed by atoms with Crippen LogP contribution in [0.25, 0.3) is 0 Å². The van der Waals surface area contributed by atoms with Crippen LogP contribution in [0, 0.1) is 33.1 Å². The lowest BCUT2D eigenvalue weighted by molar-refractivity contribution is 0.274. The summed E-state index contributed by atoms with van der Waals surface area (Å²) in [7, 11) is 0. The van der Waals surface area contributed by atoms with Crippen LogP contribution in [0.1, 0.15) is 44.5 Å². The van der Waals surface area contributed by atoms with Crippen molar-refractivity contribution in [2.45, 2.75) is 53.4 Å². The summed E-state index contributed by atoms with van der Waals surface area (Å²) in [6, 6.07) is 35.6. The molecule has 168 valence electrons. The highest BCUT2D eigenvalue weighted by Gasteiger charge is 2.33. The monoisotopic (exact) mass is 432 g/mol. The van der Waals surface area contributed by atoms with Gasteiger partial charge in [0, 0.05) is 0 Å². The SMILES string of the molecule is Cc1cc(C)c(C)c(CC(Cc2ccccc2)(Cc2ccccc2)Cc2ccccc2)c1C. The molecule has 0 saturated carbocycles. The molecule has 0 unspecified atom stereocenters. The Morgan fingerprint density at radius 2 is 0.788 bits per heavy atom. The van der Waals surface area contributed by atoms with Crippen LogP contribution in [-0.2, 0) is 25.7 Å². The van der Waals surface area contributed by atoms with Crippen molar-refractivity contribution < 1.29 is 0 Å². The molecule has 0 saturated heterocycles. The minimum Gasteiger partial charge on any atom is -0.0622 e. The Kier molecular flexibility index (Phi) is 7.14. The summed E-state index contributed by atoms with van der Waals surface area (Å²) < 4.78 is 0. The third-order valence-corrected chi connectivity index (χ3v) is 7.34. The van der Waals surface area contributed by atoms with Gasteiger partial charge in [-0.2, -0.15) is 0 Å². The Labute approximate surface area is 200 Å². The fourth-order valence-corrected chi connectivity index (χ4v) is 5.40. The van der Waals surface area contributed by atoms with E-state index in [1.54, 1.807) is 0 Å². The van der Waals surface area contributed by atoms with E-state index in [1.165, 1.54) is 44.5 Å². The number of rotatable bonds is 8. The summed E-state index contributed by atoms with van der Waals surface area (Å²) in [5, 5.41) is 0. The first-order valence-electron chi connectivity index (χ1n) is 12.1. The first-order chi connectivity index (χ1) is 16.0. The van der Waals surface area contributed by atoms with Crippen molar-refractivity contribution >= 4 is 0 Å². The predicted octanol–water partition coefficient (Wildman–Crippen LogP) is 8.18. The van der Waals surface area contributed by atoms with E-state index in [9.17, 15) is 0 Å². The van der Waals surface area contributed by atoms with Crippen molar-refractivity contribution in [3.05, 3.63) is 142 Å². The van der Waals surface area contributed by atoms with E-state index in [-0.39, 0.29) is 5.41 Å². The zero-order chi connectivity index (χ0) is 23.3. The number of hydrogen-bond acceptors (Lipinski definition) is 0. The maximum absolute atomic E-state index is 2.35. The molecule has 0 radical (unpaired) electrons. The largest absolute Gasteiger partial charge is 0.0622 e. The normalized spacial score (nSPS) is 11.5. The molecule has 0 bridgehead atoms. The van der Waals surface area contributed by atoms with Crippen molar-refractivity contribution in [1.29, 1.82) is 0 Å². The Hall–Kier alpha value is -3.12. The zero-order valence-electron chi connectivity index (χ0n) is 20.6. The standard InChI is InChI=1S/C33H36/c1-25-20-26(2)28(4)32(27(25)3)24-33(21-29-14-8-5-9-15-29,22-30-16-10-6-11-17-30)23-31-18-12-7-13-19-31/h5-20H,21-24H2,1-4H3. The minimum absolute atomic E-state index is 0.0831. The lowest BCUT2D eigenvalue weighted by Crippen LogP contribution is -2.33. The van der Waals surface area contributed by atoms with Gasteiger partial charge in [0.2, 0.25) is 0 Å². The molecule has 0 atom stereocenters. The van der Waals surface area contributed by atoms with Crippen LogP contribution >= 0.6 is 0 Å². The van der Waals surface area contributed by atoms with Crippen molar-refractivity contribution in [3.8, 4) is 0 Å². The van der Waals surface area contributed by atoms with Gasteiger partial charge in [-0.05, 0) is 103 Å². The number of hydrogen-bond donors (Lipinski definition) is 0. The minimum atomic E-state index is 0.0831. The van der Waals surface area contributed by atoms with Gasteiger partial charge in [0.25, 0.3) is 0 Å². The maximum Gasteiger partial charge on any atom is -0.0136 e. The molecule has 0 aliphatic carbocycles. The highest BCUT2D eigenvalue weighted by Crippen LogP contribution is 2.38. The van der Waals surface area contributed by atoms with Gasteiger partial charge >= 0.3 is 0 Å². The molecule has 0 aromatic heterocycles. The average molecular weight is 433 g/mol.